The Bertz CT molecular complexity index is 839. The van der Waals surface area contributed by atoms with Crippen molar-refractivity contribution in [2.24, 2.45) is 5.84 Å². The predicted octanol–water partition coefficient (Wildman–Crippen LogP) is 0.996. The van der Waals surface area contributed by atoms with E-state index in [2.05, 4.69) is 54.5 Å². The van der Waals surface area contributed by atoms with Crippen LogP contribution in [0.2, 0.25) is 0 Å². The van der Waals surface area contributed by atoms with Gasteiger partial charge in [-0.1, -0.05) is 30.3 Å². The summed E-state index contributed by atoms with van der Waals surface area (Å²) in [5.74, 6) is 6.12. The van der Waals surface area contributed by atoms with Gasteiger partial charge in [-0.3, -0.25) is 14.9 Å². The van der Waals surface area contributed by atoms with Gasteiger partial charge in [0.1, 0.15) is 12.4 Å². The number of nitrogens with two attached hydrogens (primary N) is 1. The third kappa shape index (κ3) is 3.79. The maximum absolute atomic E-state index is 5.99. The zero-order valence-corrected chi connectivity index (χ0v) is 14.2. The van der Waals surface area contributed by atoms with E-state index in [9.17, 15) is 0 Å². The van der Waals surface area contributed by atoms with E-state index in [4.69, 9.17) is 10.6 Å². The summed E-state index contributed by atoms with van der Waals surface area (Å²) in [4.78, 5) is 19.1. The van der Waals surface area contributed by atoms with Gasteiger partial charge in [0, 0.05) is 32.0 Å². The summed E-state index contributed by atoms with van der Waals surface area (Å²) in [5, 5.41) is 0. The minimum absolute atomic E-state index is 0.0300. The van der Waals surface area contributed by atoms with E-state index in [1.54, 1.807) is 23.3 Å². The highest BCUT2D eigenvalue weighted by molar-refractivity contribution is 5.28. The largest absolute Gasteiger partial charge is 0.459 e. The van der Waals surface area contributed by atoms with Gasteiger partial charge >= 0.3 is 6.01 Å². The molecule has 1 aromatic carbocycles. The second-order valence-corrected chi connectivity index (χ2v) is 6.11. The molecule has 1 atom stereocenters. The van der Waals surface area contributed by atoms with E-state index in [1.807, 2.05) is 6.07 Å². The fourth-order valence-electron chi connectivity index (χ4n) is 2.98. The molecule has 0 aliphatic carbocycles. The highest BCUT2D eigenvalue weighted by Gasteiger charge is 2.25. The van der Waals surface area contributed by atoms with E-state index >= 15 is 0 Å². The fraction of sp³-hybridized carbons (Fsp3) is 0.294. The Kier molecular flexibility index (Phi) is 4.71. The van der Waals surface area contributed by atoms with Crippen LogP contribution in [0.1, 0.15) is 12.0 Å². The van der Waals surface area contributed by atoms with E-state index in [0.29, 0.717) is 5.95 Å². The van der Waals surface area contributed by atoms with Crippen molar-refractivity contribution in [3.05, 3.63) is 54.6 Å². The van der Waals surface area contributed by atoms with Crippen molar-refractivity contribution >= 4 is 5.95 Å². The molecule has 1 aliphatic rings. The van der Waals surface area contributed by atoms with Crippen LogP contribution in [-0.2, 0) is 6.54 Å². The Morgan fingerprint density at radius 3 is 2.85 bits per heavy atom. The molecule has 4 rings (SSSR count). The summed E-state index contributed by atoms with van der Waals surface area (Å²) in [6.07, 6.45) is 5.96. The van der Waals surface area contributed by atoms with Crippen LogP contribution in [0.5, 0.6) is 6.01 Å². The van der Waals surface area contributed by atoms with Gasteiger partial charge in [-0.25, -0.2) is 10.8 Å². The molecule has 0 bridgehead atoms. The molecule has 134 valence electrons. The van der Waals surface area contributed by atoms with Crippen LogP contribution in [0.3, 0.4) is 0 Å². The highest BCUT2D eigenvalue weighted by Crippen LogP contribution is 2.19. The minimum atomic E-state index is 0.0300. The Morgan fingerprint density at radius 2 is 2.08 bits per heavy atom. The molecule has 0 radical (unpaired) electrons. The molecule has 9 heteroatoms. The summed E-state index contributed by atoms with van der Waals surface area (Å²) in [7, 11) is 0. The third-order valence-electron chi connectivity index (χ3n) is 4.22. The number of rotatable bonds is 6. The molecule has 1 aliphatic heterocycles. The average Bonchev–Trinajstić information content (AvgIpc) is 3.35. The van der Waals surface area contributed by atoms with Crippen LogP contribution in [0.4, 0.5) is 5.95 Å². The summed E-state index contributed by atoms with van der Waals surface area (Å²) in [5.41, 5.74) is 3.75. The molecular weight excluding hydrogens is 332 g/mol. The first kappa shape index (κ1) is 16.4. The minimum Gasteiger partial charge on any atom is -0.459 e. The van der Waals surface area contributed by atoms with Crippen molar-refractivity contribution in [2.75, 3.05) is 18.5 Å². The number of aromatic nitrogens is 5. The quantitative estimate of drug-likeness (QED) is 0.500. The highest BCUT2D eigenvalue weighted by atomic mass is 16.5. The van der Waals surface area contributed by atoms with Crippen LogP contribution in [0, 0.1) is 0 Å². The van der Waals surface area contributed by atoms with Crippen LogP contribution >= 0.6 is 0 Å². The summed E-state index contributed by atoms with van der Waals surface area (Å²) < 4.78 is 7.66. The molecule has 26 heavy (non-hydrogen) atoms. The number of hydrazine groups is 1. The van der Waals surface area contributed by atoms with Crippen molar-refractivity contribution in [3.63, 3.8) is 0 Å². The number of nitrogens with zero attached hydrogens (tertiary/aromatic N) is 6. The Labute approximate surface area is 150 Å². The lowest BCUT2D eigenvalue weighted by atomic mass is 10.2. The SMILES string of the molecule is NNc1nc(OC2CCN(Cc3ccccc3)C2)nc(-n2ccnc2)n1. The standard InChI is InChI=1S/C17H20N8O/c18-23-15-20-16(25-9-7-19-12-25)22-17(21-15)26-14-6-8-24(11-14)10-13-4-2-1-3-5-13/h1-5,7,9,12,14H,6,8,10-11,18H2,(H,20,21,22,23). The van der Waals surface area contributed by atoms with Crippen LogP contribution in [0.15, 0.2) is 49.1 Å². The van der Waals surface area contributed by atoms with E-state index in [0.717, 1.165) is 26.1 Å². The Hall–Kier alpha value is -3.04. The van der Waals surface area contributed by atoms with E-state index in [-0.39, 0.29) is 18.1 Å². The molecular formula is C17H20N8O. The molecule has 3 heterocycles. The van der Waals surface area contributed by atoms with Crippen LogP contribution in [-0.4, -0.2) is 48.6 Å². The second-order valence-electron chi connectivity index (χ2n) is 6.11. The molecule has 1 fully saturated rings. The molecule has 1 unspecified atom stereocenters. The maximum Gasteiger partial charge on any atom is 0.323 e. The molecule has 1 saturated heterocycles. The van der Waals surface area contributed by atoms with E-state index < -0.39 is 0 Å². The first-order valence-electron chi connectivity index (χ1n) is 8.44. The molecule has 0 spiro atoms. The molecule has 9 nitrogen and oxygen atoms in total. The lowest BCUT2D eigenvalue weighted by Gasteiger charge is -2.16. The fourth-order valence-corrected chi connectivity index (χ4v) is 2.98. The number of nitrogen functional groups attached to an aromatic ring is 1. The Balaban J connectivity index is 1.43. The lowest BCUT2D eigenvalue weighted by Crippen LogP contribution is -2.25. The molecule has 2 aromatic heterocycles. The van der Waals surface area contributed by atoms with Crippen LogP contribution < -0.4 is 16.0 Å². The van der Waals surface area contributed by atoms with Gasteiger partial charge in [0.25, 0.3) is 0 Å². The molecule has 3 aromatic rings. The summed E-state index contributed by atoms with van der Waals surface area (Å²) in [6.45, 7) is 2.71. The first-order valence-corrected chi connectivity index (χ1v) is 8.44. The van der Waals surface area contributed by atoms with Crippen molar-refractivity contribution in [1.82, 2.24) is 29.4 Å². The van der Waals surface area contributed by atoms with Crippen molar-refractivity contribution in [2.45, 2.75) is 19.1 Å². The zero-order valence-electron chi connectivity index (χ0n) is 14.2. The smallest absolute Gasteiger partial charge is 0.323 e. The van der Waals surface area contributed by atoms with Crippen molar-refractivity contribution in [1.29, 1.82) is 0 Å². The summed E-state index contributed by atoms with van der Waals surface area (Å²) >= 11 is 0. The number of hydrogen-bond donors (Lipinski definition) is 2. The first-order chi connectivity index (χ1) is 12.8. The molecule has 0 saturated carbocycles. The van der Waals surface area contributed by atoms with Gasteiger partial charge in [-0.05, 0) is 12.0 Å². The van der Waals surface area contributed by atoms with Gasteiger partial charge in [0.2, 0.25) is 11.9 Å². The number of imidazole rings is 1. The van der Waals surface area contributed by atoms with Crippen molar-refractivity contribution in [3.8, 4) is 12.0 Å². The monoisotopic (exact) mass is 352 g/mol. The van der Waals surface area contributed by atoms with Gasteiger partial charge in [-0.15, -0.1) is 0 Å². The van der Waals surface area contributed by atoms with E-state index in [1.165, 1.54) is 5.56 Å². The number of hydrogen-bond acceptors (Lipinski definition) is 8. The zero-order chi connectivity index (χ0) is 17.8. The predicted molar refractivity (Wildman–Crippen MR) is 95.5 cm³/mol. The second kappa shape index (κ2) is 7.46. The normalized spacial score (nSPS) is 17.3. The van der Waals surface area contributed by atoms with Crippen LogP contribution in [0.25, 0.3) is 5.95 Å². The maximum atomic E-state index is 5.99. The number of likely N-dealkylation sites (tertiary alicyclic amines) is 1. The number of anilines is 1. The van der Waals surface area contributed by atoms with Gasteiger partial charge in [0.05, 0.1) is 0 Å². The number of nitrogens with one attached hydrogen (secondary N) is 1. The topological polar surface area (TPSA) is 107 Å². The Morgan fingerprint density at radius 1 is 1.19 bits per heavy atom. The van der Waals surface area contributed by atoms with Gasteiger partial charge in [-0.2, -0.15) is 15.0 Å². The lowest BCUT2D eigenvalue weighted by molar-refractivity contribution is 0.183. The third-order valence-corrected chi connectivity index (χ3v) is 4.22. The molecule has 3 N–H and O–H groups in total. The van der Waals surface area contributed by atoms with Gasteiger partial charge in [0.15, 0.2) is 0 Å². The van der Waals surface area contributed by atoms with Crippen molar-refractivity contribution < 1.29 is 4.74 Å². The number of ether oxygens (including phenoxy) is 1. The van der Waals surface area contributed by atoms with Gasteiger partial charge < -0.3 is 4.74 Å². The number of benzene rings is 1. The molecule has 0 amide bonds. The average molecular weight is 352 g/mol. The summed E-state index contributed by atoms with van der Waals surface area (Å²) in [6, 6.07) is 10.7.